The lowest BCUT2D eigenvalue weighted by atomic mass is 10.1. The molecule has 0 radical (unpaired) electrons. The van der Waals surface area contributed by atoms with E-state index in [0.717, 1.165) is 24.3 Å². The molecule has 2 aromatic carbocycles. The van der Waals surface area contributed by atoms with E-state index >= 15 is 0 Å². The Morgan fingerprint density at radius 2 is 1.74 bits per heavy atom. The molecule has 1 aliphatic heterocycles. The quantitative estimate of drug-likeness (QED) is 0.568. The average Bonchev–Trinajstić information content (AvgIpc) is 3.11. The number of aryl methyl sites for hydroxylation is 1. The van der Waals surface area contributed by atoms with Gasteiger partial charge < -0.3 is 19.9 Å². The molecular formula is C26H27ClN4O3. The van der Waals surface area contributed by atoms with Crippen LogP contribution in [-0.4, -0.2) is 54.5 Å². The topological polar surface area (TPSA) is 74.8 Å². The van der Waals surface area contributed by atoms with Gasteiger partial charge in [0.05, 0.1) is 11.9 Å². The minimum atomic E-state index is -0.167. The van der Waals surface area contributed by atoms with Crippen molar-refractivity contribution < 1.29 is 14.3 Å². The molecule has 1 aliphatic rings. The standard InChI is InChI=1S/C26H27ClN4O3/c1-19-3-5-20(6-4-19)26(33)29-22-9-12-24(28-17-22)30-13-2-14-31(16-15-30)25(32)18-34-23-10-7-21(27)8-11-23/h3-12,17H,2,13-16,18H2,1H3,(H,29,33). The second-order valence-corrected chi connectivity index (χ2v) is 8.63. The Bertz CT molecular complexity index is 1120. The van der Waals surface area contributed by atoms with Crippen molar-refractivity contribution in [1.29, 1.82) is 0 Å². The number of amides is 2. The number of carbonyl (C=O) groups is 2. The molecule has 3 aromatic rings. The van der Waals surface area contributed by atoms with Gasteiger partial charge in [-0.25, -0.2) is 4.98 Å². The van der Waals surface area contributed by atoms with Crippen LogP contribution in [0.1, 0.15) is 22.3 Å². The molecule has 2 amide bonds. The van der Waals surface area contributed by atoms with Crippen molar-refractivity contribution in [2.45, 2.75) is 13.3 Å². The summed E-state index contributed by atoms with van der Waals surface area (Å²) >= 11 is 5.88. The van der Waals surface area contributed by atoms with Crippen LogP contribution < -0.4 is 15.0 Å². The van der Waals surface area contributed by atoms with Crippen LogP contribution in [-0.2, 0) is 4.79 Å². The summed E-state index contributed by atoms with van der Waals surface area (Å²) in [6.45, 7) is 4.71. The van der Waals surface area contributed by atoms with Crippen LogP contribution in [0.15, 0.2) is 66.9 Å². The SMILES string of the molecule is Cc1ccc(C(=O)Nc2ccc(N3CCCN(C(=O)COc4ccc(Cl)cc4)CC3)nc2)cc1. The lowest BCUT2D eigenvalue weighted by Gasteiger charge is -2.23. The summed E-state index contributed by atoms with van der Waals surface area (Å²) in [4.78, 5) is 33.5. The Hall–Kier alpha value is -3.58. The van der Waals surface area contributed by atoms with Crippen molar-refractivity contribution in [1.82, 2.24) is 9.88 Å². The van der Waals surface area contributed by atoms with Crippen LogP contribution in [0.2, 0.25) is 5.02 Å². The maximum Gasteiger partial charge on any atom is 0.260 e. The van der Waals surface area contributed by atoms with Gasteiger partial charge in [-0.05, 0) is 61.9 Å². The Balaban J connectivity index is 1.28. The van der Waals surface area contributed by atoms with Crippen molar-refractivity contribution >= 4 is 34.9 Å². The van der Waals surface area contributed by atoms with E-state index in [1.807, 2.05) is 36.1 Å². The molecule has 0 aliphatic carbocycles. The minimum absolute atomic E-state index is 0.00470. The number of nitrogens with zero attached hydrogens (tertiary/aromatic N) is 3. The van der Waals surface area contributed by atoms with Gasteiger partial charge in [0, 0.05) is 36.8 Å². The van der Waals surface area contributed by atoms with E-state index in [1.54, 1.807) is 42.6 Å². The molecule has 34 heavy (non-hydrogen) atoms. The molecule has 0 atom stereocenters. The van der Waals surface area contributed by atoms with Gasteiger partial charge in [-0.15, -0.1) is 0 Å². The van der Waals surface area contributed by atoms with Crippen LogP contribution in [0.25, 0.3) is 0 Å². The molecule has 176 valence electrons. The first-order valence-corrected chi connectivity index (χ1v) is 11.6. The first-order valence-electron chi connectivity index (χ1n) is 11.2. The Morgan fingerprint density at radius 3 is 2.44 bits per heavy atom. The predicted octanol–water partition coefficient (Wildman–Crippen LogP) is 4.41. The molecule has 1 N–H and O–H groups in total. The highest BCUT2D eigenvalue weighted by Gasteiger charge is 2.20. The largest absolute Gasteiger partial charge is 0.484 e. The molecular weight excluding hydrogens is 452 g/mol. The van der Waals surface area contributed by atoms with E-state index in [2.05, 4.69) is 15.2 Å². The predicted molar refractivity (Wildman–Crippen MR) is 134 cm³/mol. The summed E-state index contributed by atoms with van der Waals surface area (Å²) in [5.74, 6) is 1.23. The zero-order valence-corrected chi connectivity index (χ0v) is 19.8. The summed E-state index contributed by atoms with van der Waals surface area (Å²) in [6, 6.07) is 18.1. The number of carbonyl (C=O) groups excluding carboxylic acids is 2. The number of benzene rings is 2. The lowest BCUT2D eigenvalue weighted by molar-refractivity contribution is -0.133. The highest BCUT2D eigenvalue weighted by molar-refractivity contribution is 6.30. The summed E-state index contributed by atoms with van der Waals surface area (Å²) in [5, 5.41) is 3.51. The van der Waals surface area contributed by atoms with E-state index in [4.69, 9.17) is 16.3 Å². The molecule has 4 rings (SSSR count). The molecule has 0 spiro atoms. The zero-order chi connectivity index (χ0) is 23.9. The van der Waals surface area contributed by atoms with Crippen molar-refractivity contribution in [3.8, 4) is 5.75 Å². The number of hydrogen-bond acceptors (Lipinski definition) is 5. The summed E-state index contributed by atoms with van der Waals surface area (Å²) in [5.41, 5.74) is 2.35. The van der Waals surface area contributed by atoms with Gasteiger partial charge in [-0.1, -0.05) is 29.3 Å². The number of aromatic nitrogens is 1. The normalized spacial score (nSPS) is 13.8. The Kier molecular flexibility index (Phi) is 7.65. The number of nitrogens with one attached hydrogen (secondary N) is 1. The van der Waals surface area contributed by atoms with Crippen molar-refractivity contribution in [3.05, 3.63) is 83.0 Å². The number of hydrogen-bond donors (Lipinski definition) is 1. The second-order valence-electron chi connectivity index (χ2n) is 8.19. The molecule has 7 nitrogen and oxygen atoms in total. The number of ether oxygens (including phenoxy) is 1. The van der Waals surface area contributed by atoms with Gasteiger partial charge in [-0.3, -0.25) is 9.59 Å². The fourth-order valence-corrected chi connectivity index (χ4v) is 3.84. The van der Waals surface area contributed by atoms with Gasteiger partial charge in [-0.2, -0.15) is 0 Å². The maximum atomic E-state index is 12.6. The van der Waals surface area contributed by atoms with Gasteiger partial charge >= 0.3 is 0 Å². The molecule has 1 fully saturated rings. The van der Waals surface area contributed by atoms with Gasteiger partial charge in [0.2, 0.25) is 0 Å². The van der Waals surface area contributed by atoms with E-state index < -0.39 is 0 Å². The molecule has 1 aromatic heterocycles. The molecule has 0 saturated carbocycles. The van der Waals surface area contributed by atoms with Gasteiger partial charge in [0.1, 0.15) is 11.6 Å². The smallest absolute Gasteiger partial charge is 0.260 e. The van der Waals surface area contributed by atoms with Crippen LogP contribution in [0.3, 0.4) is 0 Å². The molecule has 1 saturated heterocycles. The summed E-state index contributed by atoms with van der Waals surface area (Å²) < 4.78 is 5.60. The van der Waals surface area contributed by atoms with Crippen LogP contribution >= 0.6 is 11.6 Å². The van der Waals surface area contributed by atoms with Crippen LogP contribution in [0.4, 0.5) is 11.5 Å². The molecule has 8 heteroatoms. The van der Waals surface area contributed by atoms with Crippen molar-refractivity contribution in [2.75, 3.05) is 43.0 Å². The zero-order valence-electron chi connectivity index (χ0n) is 19.0. The Labute approximate surface area is 204 Å². The number of pyridine rings is 1. The number of halogens is 1. The summed E-state index contributed by atoms with van der Waals surface area (Å²) in [6.07, 6.45) is 2.50. The number of anilines is 2. The fourth-order valence-electron chi connectivity index (χ4n) is 3.72. The second kappa shape index (κ2) is 11.0. The third kappa shape index (κ3) is 6.26. The van der Waals surface area contributed by atoms with Gasteiger partial charge in [0.25, 0.3) is 11.8 Å². The van der Waals surface area contributed by atoms with E-state index in [-0.39, 0.29) is 18.4 Å². The first-order chi connectivity index (χ1) is 16.5. The van der Waals surface area contributed by atoms with Crippen LogP contribution in [0, 0.1) is 6.92 Å². The van der Waals surface area contributed by atoms with E-state index in [0.29, 0.717) is 41.7 Å². The van der Waals surface area contributed by atoms with Gasteiger partial charge in [0.15, 0.2) is 6.61 Å². The summed E-state index contributed by atoms with van der Waals surface area (Å²) in [7, 11) is 0. The highest BCUT2D eigenvalue weighted by atomic mass is 35.5. The molecule has 0 bridgehead atoms. The van der Waals surface area contributed by atoms with E-state index in [1.165, 1.54) is 0 Å². The van der Waals surface area contributed by atoms with Crippen molar-refractivity contribution in [2.24, 2.45) is 0 Å². The highest BCUT2D eigenvalue weighted by Crippen LogP contribution is 2.18. The number of rotatable bonds is 6. The third-order valence-electron chi connectivity index (χ3n) is 5.67. The van der Waals surface area contributed by atoms with E-state index in [9.17, 15) is 9.59 Å². The first kappa shape index (κ1) is 23.6. The lowest BCUT2D eigenvalue weighted by Crippen LogP contribution is -2.38. The molecule has 0 unspecified atom stereocenters. The third-order valence-corrected chi connectivity index (χ3v) is 5.92. The average molecular weight is 479 g/mol. The molecule has 2 heterocycles. The van der Waals surface area contributed by atoms with Crippen LogP contribution in [0.5, 0.6) is 5.75 Å². The van der Waals surface area contributed by atoms with Crippen molar-refractivity contribution in [3.63, 3.8) is 0 Å². The minimum Gasteiger partial charge on any atom is -0.484 e. The fraction of sp³-hybridized carbons (Fsp3) is 0.269. The monoisotopic (exact) mass is 478 g/mol. The maximum absolute atomic E-state index is 12.6. The Morgan fingerprint density at radius 1 is 0.971 bits per heavy atom.